The smallest absolute Gasteiger partial charge is 0.309 e. The number of hydrogen-bond donors (Lipinski definition) is 1. The van der Waals surface area contributed by atoms with E-state index >= 15 is 0 Å². The number of ether oxygens (including phenoxy) is 1. The largest absolute Gasteiger partial charge is 0.455 e. The van der Waals surface area contributed by atoms with Gasteiger partial charge in [-0.05, 0) is 47.3 Å². The van der Waals surface area contributed by atoms with Gasteiger partial charge in [-0.1, -0.05) is 58.0 Å². The van der Waals surface area contributed by atoms with Gasteiger partial charge in [-0.25, -0.2) is 8.42 Å². The minimum Gasteiger partial charge on any atom is -0.455 e. The van der Waals surface area contributed by atoms with Crippen molar-refractivity contribution in [3.8, 4) is 0 Å². The Bertz CT molecular complexity index is 1060. The van der Waals surface area contributed by atoms with Crippen LogP contribution in [0.5, 0.6) is 0 Å². The third-order valence-electron chi connectivity index (χ3n) is 6.17. The molecule has 1 aliphatic heterocycles. The second-order valence-electron chi connectivity index (χ2n) is 9.33. The fraction of sp³-hybridized carbons (Fsp3) is 0.520. The summed E-state index contributed by atoms with van der Waals surface area (Å²) in [5, 5.41) is 4.71. The molecule has 0 radical (unpaired) electrons. The summed E-state index contributed by atoms with van der Waals surface area (Å²) in [6.07, 6.45) is 0.754. The highest BCUT2D eigenvalue weighted by Crippen LogP contribution is 2.27. The molecule has 9 heteroatoms. The molecule has 0 bridgehead atoms. The van der Waals surface area contributed by atoms with Crippen LogP contribution in [-0.4, -0.2) is 44.3 Å². The Morgan fingerprint density at radius 1 is 1.06 bits per heavy atom. The molecule has 1 fully saturated rings. The van der Waals surface area contributed by atoms with Crippen molar-refractivity contribution in [2.24, 2.45) is 11.8 Å². The maximum absolute atomic E-state index is 12.6. The Kier molecular flexibility index (Phi) is 8.89. The Morgan fingerprint density at radius 2 is 1.68 bits per heavy atom. The Morgan fingerprint density at radius 3 is 2.21 bits per heavy atom. The van der Waals surface area contributed by atoms with Gasteiger partial charge < -0.3 is 10.1 Å². The molecule has 2 heterocycles. The van der Waals surface area contributed by atoms with E-state index in [1.54, 1.807) is 17.5 Å². The van der Waals surface area contributed by atoms with Crippen LogP contribution in [0.3, 0.4) is 0 Å². The number of carbonyl (C=O) groups is 2. The van der Waals surface area contributed by atoms with E-state index in [1.807, 2.05) is 26.0 Å². The van der Waals surface area contributed by atoms with Gasteiger partial charge in [0.15, 0.2) is 6.61 Å². The fourth-order valence-corrected chi connectivity index (χ4v) is 6.68. The minimum absolute atomic E-state index is 0.166. The summed E-state index contributed by atoms with van der Waals surface area (Å²) in [4.78, 5) is 25.0. The fourth-order valence-electron chi connectivity index (χ4n) is 4.06. The van der Waals surface area contributed by atoms with Crippen molar-refractivity contribution in [1.82, 2.24) is 9.62 Å². The highest BCUT2D eigenvalue weighted by atomic mass is 32.2. The van der Waals surface area contributed by atoms with Crippen molar-refractivity contribution < 1.29 is 22.7 Å². The van der Waals surface area contributed by atoms with E-state index < -0.39 is 21.9 Å². The first-order valence-electron chi connectivity index (χ1n) is 11.7. The van der Waals surface area contributed by atoms with Crippen LogP contribution in [0.15, 0.2) is 46.0 Å². The normalized spacial score (nSPS) is 16.5. The zero-order valence-electron chi connectivity index (χ0n) is 20.2. The van der Waals surface area contributed by atoms with Crippen LogP contribution in [0.1, 0.15) is 63.6 Å². The zero-order valence-corrected chi connectivity index (χ0v) is 21.8. The molecule has 1 saturated heterocycles. The van der Waals surface area contributed by atoms with E-state index in [1.165, 1.54) is 21.2 Å². The Hall–Kier alpha value is -2.23. The van der Waals surface area contributed by atoms with Crippen LogP contribution in [0, 0.1) is 11.8 Å². The van der Waals surface area contributed by atoms with E-state index in [-0.39, 0.29) is 37.6 Å². The summed E-state index contributed by atoms with van der Waals surface area (Å²) in [5.41, 5.74) is 2.25. The molecule has 0 aliphatic carbocycles. The van der Waals surface area contributed by atoms with Gasteiger partial charge in [0.05, 0.1) is 12.0 Å². The van der Waals surface area contributed by atoms with Gasteiger partial charge in [0.2, 0.25) is 0 Å². The quantitative estimate of drug-likeness (QED) is 0.511. The molecule has 1 atom stereocenters. The van der Waals surface area contributed by atoms with Crippen LogP contribution in [0.4, 0.5) is 0 Å². The number of thiophene rings is 1. The summed E-state index contributed by atoms with van der Waals surface area (Å²) < 4.78 is 32.3. The maximum atomic E-state index is 12.6. The van der Waals surface area contributed by atoms with E-state index in [9.17, 15) is 18.0 Å². The zero-order chi connectivity index (χ0) is 24.9. The summed E-state index contributed by atoms with van der Waals surface area (Å²) in [7, 11) is -3.51. The highest BCUT2D eigenvalue weighted by molar-refractivity contribution is 7.91. The summed E-state index contributed by atoms with van der Waals surface area (Å²) >= 11 is 1.18. The summed E-state index contributed by atoms with van der Waals surface area (Å²) in [5.74, 6) is -0.613. The second-order valence-corrected chi connectivity index (χ2v) is 12.4. The number of carbonyl (C=O) groups excluding carboxylic acids is 2. The average molecular weight is 507 g/mol. The van der Waals surface area contributed by atoms with Crippen molar-refractivity contribution in [2.75, 3.05) is 19.7 Å². The molecule has 0 spiro atoms. The molecule has 1 aliphatic rings. The van der Waals surface area contributed by atoms with Crippen molar-refractivity contribution in [3.05, 3.63) is 52.9 Å². The minimum atomic E-state index is -3.51. The van der Waals surface area contributed by atoms with Crippen LogP contribution < -0.4 is 5.32 Å². The van der Waals surface area contributed by atoms with Crippen LogP contribution in [-0.2, 0) is 24.3 Å². The molecule has 1 amide bonds. The topological polar surface area (TPSA) is 92.8 Å². The first kappa shape index (κ1) is 26.4. The van der Waals surface area contributed by atoms with E-state index in [0.29, 0.717) is 23.0 Å². The number of rotatable bonds is 9. The van der Waals surface area contributed by atoms with Gasteiger partial charge in [0.1, 0.15) is 4.21 Å². The van der Waals surface area contributed by atoms with Crippen molar-refractivity contribution in [3.63, 3.8) is 0 Å². The van der Waals surface area contributed by atoms with Crippen LogP contribution in [0.25, 0.3) is 0 Å². The molecule has 1 aromatic carbocycles. The number of amides is 1. The first-order valence-corrected chi connectivity index (χ1v) is 14.0. The molecule has 7 nitrogen and oxygen atoms in total. The maximum Gasteiger partial charge on any atom is 0.309 e. The third kappa shape index (κ3) is 6.46. The molecular formula is C25H34N2O5S2. The lowest BCUT2D eigenvalue weighted by molar-refractivity contribution is -0.154. The number of benzene rings is 1. The second kappa shape index (κ2) is 11.5. The van der Waals surface area contributed by atoms with E-state index in [4.69, 9.17) is 4.74 Å². The van der Waals surface area contributed by atoms with E-state index in [0.717, 1.165) is 5.56 Å². The first-order chi connectivity index (χ1) is 16.1. The van der Waals surface area contributed by atoms with Gasteiger partial charge >= 0.3 is 5.97 Å². The lowest BCUT2D eigenvalue weighted by atomic mass is 9.93. The number of nitrogens with one attached hydrogen (secondary N) is 1. The molecule has 1 N–H and O–H groups in total. The Balaban J connectivity index is 1.49. The average Bonchev–Trinajstić information content (AvgIpc) is 3.37. The number of piperidine rings is 1. The molecule has 3 rings (SSSR count). The SMILES string of the molecule is CC(C)c1ccc([C@H](NC(=O)COC(=O)C2CCN(S(=O)(=O)c3cccs3)CC2)C(C)C)cc1. The van der Waals surface area contributed by atoms with Gasteiger partial charge in [0, 0.05) is 13.1 Å². The van der Waals surface area contributed by atoms with Gasteiger partial charge in [-0.2, -0.15) is 4.31 Å². The van der Waals surface area contributed by atoms with E-state index in [2.05, 4.69) is 31.3 Å². The van der Waals surface area contributed by atoms with Crippen LogP contribution in [0.2, 0.25) is 0 Å². The van der Waals surface area contributed by atoms with Crippen LogP contribution >= 0.6 is 11.3 Å². The molecule has 1 aromatic heterocycles. The lowest BCUT2D eigenvalue weighted by Crippen LogP contribution is -2.41. The van der Waals surface area contributed by atoms with Crippen molar-refractivity contribution >= 4 is 33.2 Å². The molecular weight excluding hydrogens is 472 g/mol. The molecule has 0 saturated carbocycles. The molecule has 0 unspecified atom stereocenters. The predicted molar refractivity (Wildman–Crippen MR) is 133 cm³/mol. The van der Waals surface area contributed by atoms with Gasteiger partial charge in [-0.15, -0.1) is 11.3 Å². The standard InChI is InChI=1S/C25H34N2O5S2/c1-17(2)19-7-9-20(10-8-19)24(18(3)4)26-22(28)16-32-25(29)21-11-13-27(14-12-21)34(30,31)23-6-5-15-33-23/h5-10,15,17-18,21,24H,11-14,16H2,1-4H3,(H,26,28)/t24-/m1/s1. The van der Waals surface area contributed by atoms with Crippen molar-refractivity contribution in [1.29, 1.82) is 0 Å². The number of hydrogen-bond acceptors (Lipinski definition) is 6. The number of esters is 1. The number of nitrogens with zero attached hydrogens (tertiary/aromatic N) is 1. The monoisotopic (exact) mass is 506 g/mol. The third-order valence-corrected chi connectivity index (χ3v) is 9.44. The predicted octanol–water partition coefficient (Wildman–Crippen LogP) is 4.33. The van der Waals surface area contributed by atoms with Gasteiger partial charge in [0.25, 0.3) is 15.9 Å². The molecule has 2 aromatic rings. The van der Waals surface area contributed by atoms with Gasteiger partial charge in [-0.3, -0.25) is 9.59 Å². The number of sulfonamides is 1. The van der Waals surface area contributed by atoms with Crippen molar-refractivity contribution in [2.45, 2.75) is 56.7 Å². The Labute approximate surface area is 206 Å². The highest BCUT2D eigenvalue weighted by Gasteiger charge is 2.33. The lowest BCUT2D eigenvalue weighted by Gasteiger charge is -2.29. The summed E-state index contributed by atoms with van der Waals surface area (Å²) in [6.45, 7) is 8.51. The molecule has 186 valence electrons. The molecule has 34 heavy (non-hydrogen) atoms. The summed E-state index contributed by atoms with van der Waals surface area (Å²) in [6, 6.07) is 11.3.